The molecule has 0 saturated carbocycles. The zero-order chi connectivity index (χ0) is 17.1. The highest BCUT2D eigenvalue weighted by Crippen LogP contribution is 2.28. The number of aromatic nitrogens is 2. The second-order valence-corrected chi connectivity index (χ2v) is 5.47. The van der Waals surface area contributed by atoms with E-state index in [4.69, 9.17) is 9.37 Å². The third-order valence-electron chi connectivity index (χ3n) is 3.70. The SMILES string of the molecule is COc1cccc(C(=O)Nc2nonc2-c2cc(C)ccc2C)c1. The molecule has 1 heterocycles. The van der Waals surface area contributed by atoms with E-state index in [0.29, 0.717) is 17.0 Å². The Morgan fingerprint density at radius 3 is 2.75 bits per heavy atom. The van der Waals surface area contributed by atoms with Gasteiger partial charge in [-0.05, 0) is 54.0 Å². The average molecular weight is 323 g/mol. The number of nitrogens with one attached hydrogen (secondary N) is 1. The van der Waals surface area contributed by atoms with Crippen molar-refractivity contribution >= 4 is 11.7 Å². The number of aryl methyl sites for hydroxylation is 2. The molecule has 6 nitrogen and oxygen atoms in total. The monoisotopic (exact) mass is 323 g/mol. The minimum Gasteiger partial charge on any atom is -0.497 e. The number of rotatable bonds is 4. The van der Waals surface area contributed by atoms with Crippen molar-refractivity contribution in [3.8, 4) is 17.0 Å². The van der Waals surface area contributed by atoms with Gasteiger partial charge in [-0.15, -0.1) is 0 Å². The summed E-state index contributed by atoms with van der Waals surface area (Å²) >= 11 is 0. The van der Waals surface area contributed by atoms with Crippen LogP contribution >= 0.6 is 0 Å². The lowest BCUT2D eigenvalue weighted by atomic mass is 10.0. The molecule has 0 radical (unpaired) electrons. The number of benzene rings is 2. The van der Waals surface area contributed by atoms with Gasteiger partial charge in [0.05, 0.1) is 7.11 Å². The highest BCUT2D eigenvalue weighted by atomic mass is 16.6. The molecule has 1 N–H and O–H groups in total. The van der Waals surface area contributed by atoms with Crippen LogP contribution < -0.4 is 10.1 Å². The van der Waals surface area contributed by atoms with Crippen LogP contribution in [-0.4, -0.2) is 23.3 Å². The van der Waals surface area contributed by atoms with Crippen molar-refractivity contribution in [2.45, 2.75) is 13.8 Å². The Bertz CT molecular complexity index is 887. The van der Waals surface area contributed by atoms with Gasteiger partial charge in [0, 0.05) is 11.1 Å². The van der Waals surface area contributed by atoms with E-state index in [2.05, 4.69) is 15.6 Å². The summed E-state index contributed by atoms with van der Waals surface area (Å²) in [6.45, 7) is 3.96. The number of carbonyl (C=O) groups excluding carboxylic acids is 1. The minimum absolute atomic E-state index is 0.288. The summed E-state index contributed by atoms with van der Waals surface area (Å²) in [6, 6.07) is 12.9. The van der Waals surface area contributed by atoms with Gasteiger partial charge in [0.1, 0.15) is 5.75 Å². The number of ether oxygens (including phenoxy) is 1. The molecule has 1 aromatic heterocycles. The van der Waals surface area contributed by atoms with E-state index in [1.54, 1.807) is 31.4 Å². The summed E-state index contributed by atoms with van der Waals surface area (Å²) in [7, 11) is 1.55. The minimum atomic E-state index is -0.309. The fourth-order valence-corrected chi connectivity index (χ4v) is 2.38. The molecule has 1 amide bonds. The first kappa shape index (κ1) is 15.7. The van der Waals surface area contributed by atoms with E-state index in [-0.39, 0.29) is 11.7 Å². The predicted molar refractivity (Wildman–Crippen MR) is 90.2 cm³/mol. The molecule has 24 heavy (non-hydrogen) atoms. The fraction of sp³-hybridized carbons (Fsp3) is 0.167. The topological polar surface area (TPSA) is 77.2 Å². The Morgan fingerprint density at radius 2 is 1.96 bits per heavy atom. The summed E-state index contributed by atoms with van der Waals surface area (Å²) in [5.74, 6) is 0.586. The molecule has 0 saturated heterocycles. The van der Waals surface area contributed by atoms with Gasteiger partial charge in [-0.25, -0.2) is 4.63 Å². The van der Waals surface area contributed by atoms with Crippen molar-refractivity contribution in [2.75, 3.05) is 12.4 Å². The predicted octanol–water partition coefficient (Wildman–Crippen LogP) is 3.61. The molecule has 0 aliphatic heterocycles. The third-order valence-corrected chi connectivity index (χ3v) is 3.70. The van der Waals surface area contributed by atoms with Crippen LogP contribution in [0.25, 0.3) is 11.3 Å². The Balaban J connectivity index is 1.90. The van der Waals surface area contributed by atoms with Crippen LogP contribution in [0, 0.1) is 13.8 Å². The fourth-order valence-electron chi connectivity index (χ4n) is 2.38. The lowest BCUT2D eigenvalue weighted by Crippen LogP contribution is -2.13. The number of hydrogen-bond acceptors (Lipinski definition) is 5. The molecular weight excluding hydrogens is 306 g/mol. The van der Waals surface area contributed by atoms with E-state index < -0.39 is 0 Å². The zero-order valence-corrected chi connectivity index (χ0v) is 13.7. The van der Waals surface area contributed by atoms with Crippen LogP contribution in [0.3, 0.4) is 0 Å². The van der Waals surface area contributed by atoms with Crippen molar-refractivity contribution in [2.24, 2.45) is 0 Å². The normalized spacial score (nSPS) is 10.5. The van der Waals surface area contributed by atoms with E-state index in [1.165, 1.54) is 0 Å². The van der Waals surface area contributed by atoms with E-state index in [9.17, 15) is 4.79 Å². The average Bonchev–Trinajstić information content (AvgIpc) is 3.05. The number of amides is 1. The quantitative estimate of drug-likeness (QED) is 0.793. The van der Waals surface area contributed by atoms with Gasteiger partial charge in [0.15, 0.2) is 5.69 Å². The van der Waals surface area contributed by atoms with Gasteiger partial charge in [0.25, 0.3) is 5.91 Å². The number of hydrogen-bond donors (Lipinski definition) is 1. The lowest BCUT2D eigenvalue weighted by Gasteiger charge is -2.07. The van der Waals surface area contributed by atoms with E-state index in [0.717, 1.165) is 16.7 Å². The summed E-state index contributed by atoms with van der Waals surface area (Å²) < 4.78 is 9.97. The summed E-state index contributed by atoms with van der Waals surface area (Å²) in [6.07, 6.45) is 0. The molecule has 3 rings (SSSR count). The smallest absolute Gasteiger partial charge is 0.257 e. The van der Waals surface area contributed by atoms with Gasteiger partial charge < -0.3 is 10.1 Å². The van der Waals surface area contributed by atoms with Crippen LogP contribution in [-0.2, 0) is 0 Å². The van der Waals surface area contributed by atoms with Crippen molar-refractivity contribution < 1.29 is 14.2 Å². The molecule has 2 aromatic carbocycles. The number of carbonyl (C=O) groups is 1. The van der Waals surface area contributed by atoms with Gasteiger partial charge in [0.2, 0.25) is 5.82 Å². The molecule has 0 fully saturated rings. The Hall–Kier alpha value is -3.15. The molecule has 0 bridgehead atoms. The Morgan fingerprint density at radius 1 is 1.12 bits per heavy atom. The summed E-state index contributed by atoms with van der Waals surface area (Å²) in [5, 5.41) is 10.5. The molecule has 0 atom stereocenters. The first-order chi connectivity index (χ1) is 11.6. The Labute approximate surface area is 139 Å². The lowest BCUT2D eigenvalue weighted by molar-refractivity contribution is 0.102. The largest absolute Gasteiger partial charge is 0.497 e. The zero-order valence-electron chi connectivity index (χ0n) is 13.7. The van der Waals surface area contributed by atoms with Crippen molar-refractivity contribution in [1.29, 1.82) is 0 Å². The number of methoxy groups -OCH3 is 1. The highest BCUT2D eigenvalue weighted by molar-refractivity contribution is 6.05. The first-order valence-corrected chi connectivity index (χ1v) is 7.44. The summed E-state index contributed by atoms with van der Waals surface area (Å²) in [4.78, 5) is 12.4. The molecule has 122 valence electrons. The van der Waals surface area contributed by atoms with E-state index >= 15 is 0 Å². The van der Waals surface area contributed by atoms with Gasteiger partial charge in [-0.1, -0.05) is 23.8 Å². The van der Waals surface area contributed by atoms with Gasteiger partial charge >= 0.3 is 0 Å². The molecule has 3 aromatic rings. The molecule has 6 heteroatoms. The molecular formula is C18H17N3O3. The van der Waals surface area contributed by atoms with Crippen molar-refractivity contribution in [3.63, 3.8) is 0 Å². The Kier molecular flexibility index (Phi) is 4.29. The molecule has 0 aliphatic rings. The maximum absolute atomic E-state index is 12.4. The highest BCUT2D eigenvalue weighted by Gasteiger charge is 2.18. The second-order valence-electron chi connectivity index (χ2n) is 5.47. The maximum atomic E-state index is 12.4. The standard InChI is InChI=1S/C18H17N3O3/c1-11-7-8-12(2)15(9-11)16-17(21-24-20-16)19-18(22)13-5-4-6-14(10-13)23-3/h4-10H,1-3H3,(H,19,21,22). The molecule has 0 aliphatic carbocycles. The first-order valence-electron chi connectivity index (χ1n) is 7.44. The number of nitrogens with zero attached hydrogens (tertiary/aromatic N) is 2. The van der Waals surface area contributed by atoms with Crippen LogP contribution in [0.4, 0.5) is 5.82 Å². The number of anilines is 1. The maximum Gasteiger partial charge on any atom is 0.257 e. The van der Waals surface area contributed by atoms with Crippen LogP contribution in [0.2, 0.25) is 0 Å². The summed E-state index contributed by atoms with van der Waals surface area (Å²) in [5.41, 5.74) is 3.95. The van der Waals surface area contributed by atoms with Gasteiger partial charge in [-0.3, -0.25) is 4.79 Å². The van der Waals surface area contributed by atoms with Gasteiger partial charge in [-0.2, -0.15) is 0 Å². The van der Waals surface area contributed by atoms with Crippen molar-refractivity contribution in [1.82, 2.24) is 10.3 Å². The third kappa shape index (κ3) is 3.12. The van der Waals surface area contributed by atoms with Crippen LogP contribution in [0.5, 0.6) is 5.75 Å². The second kappa shape index (κ2) is 6.54. The molecule has 0 unspecified atom stereocenters. The molecule has 0 spiro atoms. The van der Waals surface area contributed by atoms with Crippen LogP contribution in [0.15, 0.2) is 47.1 Å². The van der Waals surface area contributed by atoms with Crippen molar-refractivity contribution in [3.05, 3.63) is 59.2 Å². The van der Waals surface area contributed by atoms with E-state index in [1.807, 2.05) is 32.0 Å². The van der Waals surface area contributed by atoms with Crippen LogP contribution in [0.1, 0.15) is 21.5 Å².